The summed E-state index contributed by atoms with van der Waals surface area (Å²) in [7, 11) is 0. The van der Waals surface area contributed by atoms with Crippen LogP contribution in [-0.2, 0) is 14.4 Å². The zero-order valence-electron chi connectivity index (χ0n) is 7.14. The number of hydrogen-bond acceptors (Lipinski definition) is 6. The number of aliphatic imine (C=N–C) groups is 3. The highest BCUT2D eigenvalue weighted by Crippen LogP contribution is 2.23. The lowest BCUT2D eigenvalue weighted by atomic mass is 10.1. The van der Waals surface area contributed by atoms with Crippen molar-refractivity contribution >= 4 is 18.2 Å². The molecule has 0 aromatic carbocycles. The van der Waals surface area contributed by atoms with Crippen molar-refractivity contribution in [3.8, 4) is 0 Å². The molecule has 0 atom stereocenters. The van der Waals surface area contributed by atoms with Crippen molar-refractivity contribution in [2.45, 2.75) is 19.6 Å². The van der Waals surface area contributed by atoms with Gasteiger partial charge in [-0.1, -0.05) is 13.8 Å². The average Bonchev–Trinajstić information content (AvgIpc) is 2.05. The Bertz CT molecular complexity index is 272. The van der Waals surface area contributed by atoms with Gasteiger partial charge in [0.25, 0.3) is 5.79 Å². The van der Waals surface area contributed by atoms with Gasteiger partial charge in [0.2, 0.25) is 18.2 Å². The number of rotatable bonds is 4. The van der Waals surface area contributed by atoms with Crippen LogP contribution in [0.5, 0.6) is 0 Å². The molecule has 0 aromatic rings. The van der Waals surface area contributed by atoms with E-state index < -0.39 is 11.7 Å². The molecule has 0 amide bonds. The quantitative estimate of drug-likeness (QED) is 0.461. The second-order valence-corrected chi connectivity index (χ2v) is 2.45. The molecule has 0 unspecified atom stereocenters. The van der Waals surface area contributed by atoms with Crippen molar-refractivity contribution in [1.29, 1.82) is 0 Å². The Morgan fingerprint density at radius 3 is 1.38 bits per heavy atom. The van der Waals surface area contributed by atoms with Gasteiger partial charge in [0.1, 0.15) is 0 Å². The molecule has 13 heavy (non-hydrogen) atoms. The van der Waals surface area contributed by atoms with Gasteiger partial charge in [-0.2, -0.15) is 0 Å². The molecule has 0 N–H and O–H groups in total. The number of nitrogens with zero attached hydrogens (tertiary/aromatic N) is 3. The van der Waals surface area contributed by atoms with E-state index in [4.69, 9.17) is 0 Å². The molecule has 0 bridgehead atoms. The average molecular weight is 181 g/mol. The molecule has 68 valence electrons. The molecule has 0 saturated heterocycles. The lowest BCUT2D eigenvalue weighted by molar-refractivity contribution is 0.336. The molecule has 6 nitrogen and oxygen atoms in total. The highest BCUT2D eigenvalue weighted by molar-refractivity contribution is 5.42. The van der Waals surface area contributed by atoms with Crippen LogP contribution < -0.4 is 0 Å². The zero-order chi connectivity index (χ0) is 10.3. The predicted molar refractivity (Wildman–Crippen MR) is 41.9 cm³/mol. The van der Waals surface area contributed by atoms with Crippen LogP contribution in [-0.4, -0.2) is 24.0 Å². The fourth-order valence-corrected chi connectivity index (χ4v) is 0.664. The Balaban J connectivity index is 5.40. The summed E-state index contributed by atoms with van der Waals surface area (Å²) in [6.07, 6.45) is 3.57. The first-order valence-electron chi connectivity index (χ1n) is 3.40. The van der Waals surface area contributed by atoms with Crippen LogP contribution in [0.15, 0.2) is 15.0 Å². The van der Waals surface area contributed by atoms with Crippen molar-refractivity contribution < 1.29 is 14.4 Å². The van der Waals surface area contributed by atoms with E-state index >= 15 is 0 Å². The van der Waals surface area contributed by atoms with Gasteiger partial charge in [-0.05, 0) is 0 Å². The zero-order valence-corrected chi connectivity index (χ0v) is 7.14. The minimum atomic E-state index is -1.74. The molecule has 0 saturated carbocycles. The number of carbonyl (C=O) groups excluding carboxylic acids is 3. The van der Waals surface area contributed by atoms with Gasteiger partial charge in [-0.3, -0.25) is 0 Å². The largest absolute Gasteiger partial charge is 0.279 e. The molecular weight excluding hydrogens is 174 g/mol. The summed E-state index contributed by atoms with van der Waals surface area (Å²) < 4.78 is 0. The van der Waals surface area contributed by atoms with E-state index in [0.29, 0.717) is 0 Å². The topological polar surface area (TPSA) is 88.3 Å². The first-order chi connectivity index (χ1) is 6.13. The van der Waals surface area contributed by atoms with Crippen LogP contribution in [0.3, 0.4) is 0 Å². The Morgan fingerprint density at radius 2 is 1.23 bits per heavy atom. The van der Waals surface area contributed by atoms with Crippen molar-refractivity contribution in [1.82, 2.24) is 0 Å². The second-order valence-electron chi connectivity index (χ2n) is 2.45. The smallest absolute Gasteiger partial charge is 0.211 e. The van der Waals surface area contributed by atoms with Crippen LogP contribution >= 0.6 is 0 Å². The van der Waals surface area contributed by atoms with E-state index in [2.05, 4.69) is 15.0 Å². The Hall–Kier alpha value is -1.86. The third-order valence-corrected chi connectivity index (χ3v) is 1.41. The standard InChI is InChI=1S/C7H7N3O3/c1-6(2)7(8-3-11,9-4-12)10-5-13/h6H,1-2H3. The molecule has 0 rings (SSSR count). The van der Waals surface area contributed by atoms with E-state index in [1.165, 1.54) is 18.2 Å². The maximum Gasteiger partial charge on any atom is 0.279 e. The predicted octanol–water partition coefficient (Wildman–Crippen LogP) is 0.304. The molecule has 0 fully saturated rings. The van der Waals surface area contributed by atoms with Crippen LogP contribution in [0, 0.1) is 5.92 Å². The number of hydrogen-bond donors (Lipinski definition) is 0. The second kappa shape index (κ2) is 4.91. The number of isocyanates is 3. The SMILES string of the molecule is CC(C)C(N=C=O)(N=C=O)N=C=O. The third kappa shape index (κ3) is 2.58. The molecule has 0 radical (unpaired) electrons. The van der Waals surface area contributed by atoms with Crippen molar-refractivity contribution in [3.05, 3.63) is 0 Å². The third-order valence-electron chi connectivity index (χ3n) is 1.41. The molecule has 0 aliphatic rings. The highest BCUT2D eigenvalue weighted by atomic mass is 16.1. The summed E-state index contributed by atoms with van der Waals surface area (Å²) in [5.74, 6) is -2.18. The van der Waals surface area contributed by atoms with Gasteiger partial charge in [-0.15, -0.1) is 15.0 Å². The maximum absolute atomic E-state index is 10.0. The minimum Gasteiger partial charge on any atom is -0.211 e. The van der Waals surface area contributed by atoms with Crippen LogP contribution in [0.4, 0.5) is 0 Å². The normalized spacial score (nSPS) is 13.2. The molecule has 0 aromatic heterocycles. The Kier molecular flexibility index (Phi) is 4.20. The van der Waals surface area contributed by atoms with Gasteiger partial charge in [0.15, 0.2) is 0 Å². The van der Waals surface area contributed by atoms with Gasteiger partial charge >= 0.3 is 0 Å². The van der Waals surface area contributed by atoms with Crippen molar-refractivity contribution in [3.63, 3.8) is 0 Å². The Morgan fingerprint density at radius 1 is 0.923 bits per heavy atom. The molecule has 0 heterocycles. The van der Waals surface area contributed by atoms with Crippen molar-refractivity contribution in [2.24, 2.45) is 20.9 Å². The fraction of sp³-hybridized carbons (Fsp3) is 0.571. The molecule has 0 aliphatic heterocycles. The van der Waals surface area contributed by atoms with Crippen molar-refractivity contribution in [2.75, 3.05) is 0 Å². The maximum atomic E-state index is 10.0. The monoisotopic (exact) mass is 181 g/mol. The van der Waals surface area contributed by atoms with Crippen LogP contribution in [0.1, 0.15) is 13.8 Å². The van der Waals surface area contributed by atoms with E-state index in [0.717, 1.165) is 0 Å². The lowest BCUT2D eigenvalue weighted by Crippen LogP contribution is -2.27. The molecule has 0 aliphatic carbocycles. The van der Waals surface area contributed by atoms with E-state index in [-0.39, 0.29) is 0 Å². The highest BCUT2D eigenvalue weighted by Gasteiger charge is 2.33. The van der Waals surface area contributed by atoms with Gasteiger partial charge in [-0.25, -0.2) is 14.4 Å². The summed E-state index contributed by atoms with van der Waals surface area (Å²) in [6, 6.07) is 0. The fourth-order valence-electron chi connectivity index (χ4n) is 0.664. The molecule has 0 spiro atoms. The summed E-state index contributed by atoms with van der Waals surface area (Å²) >= 11 is 0. The van der Waals surface area contributed by atoms with E-state index in [1.807, 2.05) is 0 Å². The summed E-state index contributed by atoms with van der Waals surface area (Å²) in [4.78, 5) is 39.5. The first-order valence-corrected chi connectivity index (χ1v) is 3.40. The van der Waals surface area contributed by atoms with Crippen LogP contribution in [0.2, 0.25) is 0 Å². The lowest BCUT2D eigenvalue weighted by Gasteiger charge is -2.18. The first kappa shape index (κ1) is 11.1. The van der Waals surface area contributed by atoms with Gasteiger partial charge in [0, 0.05) is 5.92 Å². The van der Waals surface area contributed by atoms with E-state index in [9.17, 15) is 14.4 Å². The summed E-state index contributed by atoms with van der Waals surface area (Å²) in [6.45, 7) is 3.17. The summed E-state index contributed by atoms with van der Waals surface area (Å²) in [5.41, 5.74) is 0. The van der Waals surface area contributed by atoms with Gasteiger partial charge < -0.3 is 0 Å². The Labute approximate surface area is 74.1 Å². The van der Waals surface area contributed by atoms with E-state index in [1.54, 1.807) is 13.8 Å². The minimum absolute atomic E-state index is 0.433. The van der Waals surface area contributed by atoms with Gasteiger partial charge in [0.05, 0.1) is 0 Å². The summed E-state index contributed by atoms with van der Waals surface area (Å²) in [5, 5.41) is 0. The van der Waals surface area contributed by atoms with Crippen LogP contribution in [0.25, 0.3) is 0 Å². The molecular formula is C7H7N3O3. The molecule has 6 heteroatoms.